The van der Waals surface area contributed by atoms with Crippen LogP contribution in [0.4, 0.5) is 0 Å². The van der Waals surface area contributed by atoms with Crippen molar-refractivity contribution in [2.24, 2.45) is 0 Å². The van der Waals surface area contributed by atoms with E-state index in [0.717, 1.165) is 0 Å². The van der Waals surface area contributed by atoms with Gasteiger partial charge in [0.1, 0.15) is 0 Å². The summed E-state index contributed by atoms with van der Waals surface area (Å²) in [7, 11) is 0. The monoisotopic (exact) mass is 572 g/mol. The second-order valence-corrected chi connectivity index (χ2v) is 0. The maximum Gasteiger partial charge on any atom is 0 e. The van der Waals surface area contributed by atoms with Gasteiger partial charge in [0.15, 0.2) is 0 Å². The molecule has 0 aromatic rings. The molecule has 0 heterocycles. The summed E-state index contributed by atoms with van der Waals surface area (Å²) < 4.78 is 0. The molecular weight excluding hydrogens is 570 g/mol. The Hall–Kier alpha value is 3.04. The van der Waals surface area contributed by atoms with E-state index in [1.54, 1.807) is 0 Å². The fourth-order valence-corrected chi connectivity index (χ4v) is 0. The normalized spacial score (nSPS) is 0. The summed E-state index contributed by atoms with van der Waals surface area (Å²) in [5.74, 6) is 0. The SMILES string of the molecule is [Ir].[Re].[Rh].[Y]. The smallest absolute Gasteiger partial charge is 0 e. The minimum atomic E-state index is 0. The van der Waals surface area contributed by atoms with Crippen LogP contribution in [-0.4, -0.2) is 0 Å². The minimum absolute atomic E-state index is 0. The van der Waals surface area contributed by atoms with Crippen LogP contribution in [-0.2, 0) is 92.7 Å². The zero-order chi connectivity index (χ0) is 0. The van der Waals surface area contributed by atoms with Gasteiger partial charge in [-0.15, -0.1) is 0 Å². The standard InChI is InChI=1S/Ir.Re.Rh.Y. The van der Waals surface area contributed by atoms with Crippen LogP contribution in [0, 0.1) is 0 Å². The van der Waals surface area contributed by atoms with Crippen molar-refractivity contribution in [2.75, 3.05) is 0 Å². The summed E-state index contributed by atoms with van der Waals surface area (Å²) in [4.78, 5) is 0. The summed E-state index contributed by atoms with van der Waals surface area (Å²) in [6.07, 6.45) is 0. The van der Waals surface area contributed by atoms with Crippen molar-refractivity contribution in [3.8, 4) is 0 Å². The molecular formula is IrReRhY. The Balaban J connectivity index is 0. The van der Waals surface area contributed by atoms with Crippen molar-refractivity contribution >= 4 is 0 Å². The molecule has 0 nitrogen and oxygen atoms in total. The predicted octanol–water partition coefficient (Wildman–Crippen LogP) is -0.0100. The first-order valence-electron chi connectivity index (χ1n) is 0. The number of hydrogen-bond acceptors (Lipinski definition) is 0. The molecule has 4 heteroatoms. The van der Waals surface area contributed by atoms with Gasteiger partial charge in [0, 0.05) is 92.7 Å². The second-order valence-electron chi connectivity index (χ2n) is 0. The second kappa shape index (κ2) is 16.6. The van der Waals surface area contributed by atoms with E-state index in [9.17, 15) is 0 Å². The first-order valence-corrected chi connectivity index (χ1v) is 0. The van der Waals surface area contributed by atoms with Crippen molar-refractivity contribution in [3.05, 3.63) is 0 Å². The Morgan fingerprint density at radius 1 is 1.00 bits per heavy atom. The zero-order valence-electron chi connectivity index (χ0n) is 1.62. The Bertz CT molecular complexity index is 8.00. The van der Waals surface area contributed by atoms with Crippen LogP contribution in [0.1, 0.15) is 0 Å². The fraction of sp³-hybridized carbons (Fsp3) is 0. The van der Waals surface area contributed by atoms with E-state index >= 15 is 0 Å². The van der Waals surface area contributed by atoms with E-state index in [2.05, 4.69) is 0 Å². The largest absolute Gasteiger partial charge is 0 e. The molecule has 4 heavy (non-hydrogen) atoms. The van der Waals surface area contributed by atoms with Gasteiger partial charge >= 0.3 is 0 Å². The average Bonchev–Trinajstić information content (AvgIpc) is 0. The van der Waals surface area contributed by atoms with Crippen molar-refractivity contribution in [3.63, 3.8) is 0 Å². The van der Waals surface area contributed by atoms with Crippen LogP contribution in [0.3, 0.4) is 0 Å². The first-order chi connectivity index (χ1) is 0. The van der Waals surface area contributed by atoms with E-state index in [0.29, 0.717) is 0 Å². The van der Waals surface area contributed by atoms with E-state index in [1.807, 2.05) is 0 Å². The summed E-state index contributed by atoms with van der Waals surface area (Å²) in [5, 5.41) is 0. The topological polar surface area (TPSA) is 0 Å². The molecule has 0 spiro atoms. The molecule has 28 valence electrons. The molecule has 0 aromatic heterocycles. The molecule has 0 bridgehead atoms. The zero-order valence-corrected chi connectivity index (χ0v) is 11.2. The Labute approximate surface area is 90.9 Å². The third-order valence-corrected chi connectivity index (χ3v) is 0. The van der Waals surface area contributed by atoms with Gasteiger partial charge in [0.25, 0.3) is 0 Å². The molecule has 0 rings (SSSR count). The molecule has 0 amide bonds. The summed E-state index contributed by atoms with van der Waals surface area (Å²) >= 11 is 0. The number of rotatable bonds is 0. The van der Waals surface area contributed by atoms with Gasteiger partial charge in [-0.1, -0.05) is 0 Å². The molecule has 0 aromatic carbocycles. The van der Waals surface area contributed by atoms with Crippen molar-refractivity contribution in [1.29, 1.82) is 0 Å². The molecule has 0 atom stereocenters. The minimum Gasteiger partial charge on any atom is 0 e. The third-order valence-electron chi connectivity index (χ3n) is 0. The summed E-state index contributed by atoms with van der Waals surface area (Å²) in [5.41, 5.74) is 0. The quantitative estimate of drug-likeness (QED) is 0.360. The fourth-order valence-electron chi connectivity index (χ4n) is 0. The molecule has 0 aliphatic heterocycles. The third kappa shape index (κ3) is 8.90. The van der Waals surface area contributed by atoms with Crippen molar-refractivity contribution in [2.45, 2.75) is 0 Å². The molecule has 0 unspecified atom stereocenters. The Morgan fingerprint density at radius 3 is 1.00 bits per heavy atom. The van der Waals surface area contributed by atoms with Crippen molar-refractivity contribution < 1.29 is 92.7 Å². The van der Waals surface area contributed by atoms with Gasteiger partial charge in [-0.3, -0.25) is 0 Å². The maximum atomic E-state index is 0. The van der Waals surface area contributed by atoms with E-state index in [1.165, 1.54) is 0 Å². The van der Waals surface area contributed by atoms with E-state index in [4.69, 9.17) is 0 Å². The first kappa shape index (κ1) is 27.8. The molecule has 0 saturated carbocycles. The molecule has 0 fully saturated rings. The summed E-state index contributed by atoms with van der Waals surface area (Å²) in [6.45, 7) is 0. The van der Waals surface area contributed by atoms with Crippen molar-refractivity contribution in [1.82, 2.24) is 0 Å². The average molecular weight is 570 g/mol. The van der Waals surface area contributed by atoms with Gasteiger partial charge in [-0.25, -0.2) is 0 Å². The maximum absolute atomic E-state index is 0. The van der Waals surface area contributed by atoms with Gasteiger partial charge < -0.3 is 0 Å². The number of hydrogen-bond donors (Lipinski definition) is 0. The Morgan fingerprint density at radius 2 is 1.00 bits per heavy atom. The van der Waals surface area contributed by atoms with Crippen LogP contribution >= 0.6 is 0 Å². The molecule has 0 aliphatic rings. The van der Waals surface area contributed by atoms with Crippen LogP contribution in [0.2, 0.25) is 0 Å². The van der Waals surface area contributed by atoms with E-state index < -0.39 is 0 Å². The van der Waals surface area contributed by atoms with Gasteiger partial charge in [0.05, 0.1) is 0 Å². The summed E-state index contributed by atoms with van der Waals surface area (Å²) in [6, 6.07) is 0. The van der Waals surface area contributed by atoms with Crippen LogP contribution in [0.5, 0.6) is 0 Å². The van der Waals surface area contributed by atoms with Gasteiger partial charge in [-0.2, -0.15) is 0 Å². The van der Waals surface area contributed by atoms with E-state index in [-0.39, 0.29) is 92.7 Å². The molecule has 0 aliphatic carbocycles. The molecule has 0 N–H and O–H groups in total. The Kier molecular flexibility index (Phi) is 115. The predicted molar refractivity (Wildman–Crippen MR) is 0 cm³/mol. The van der Waals surface area contributed by atoms with Gasteiger partial charge in [0.2, 0.25) is 0 Å². The van der Waals surface area contributed by atoms with Gasteiger partial charge in [-0.05, 0) is 0 Å². The van der Waals surface area contributed by atoms with Crippen LogP contribution < -0.4 is 0 Å². The molecule has 4 radical (unpaired) electrons. The van der Waals surface area contributed by atoms with Crippen LogP contribution in [0.25, 0.3) is 0 Å². The molecule has 0 saturated heterocycles. The van der Waals surface area contributed by atoms with Crippen LogP contribution in [0.15, 0.2) is 0 Å².